The van der Waals surface area contributed by atoms with Gasteiger partial charge in [0.05, 0.1) is 5.56 Å². The molecule has 0 fully saturated rings. The molecule has 0 saturated heterocycles. The van der Waals surface area contributed by atoms with E-state index in [2.05, 4.69) is 0 Å². The van der Waals surface area contributed by atoms with Gasteiger partial charge in [-0.2, -0.15) is 0 Å². The van der Waals surface area contributed by atoms with Gasteiger partial charge >= 0.3 is 0 Å². The molecule has 0 atom stereocenters. The van der Waals surface area contributed by atoms with E-state index in [0.717, 1.165) is 5.56 Å². The Bertz CT molecular complexity index is 355. The molecule has 1 aliphatic rings. The number of carbonyl (C=O) groups excluding carboxylic acids is 1. The van der Waals surface area contributed by atoms with Gasteiger partial charge in [0.25, 0.3) is 0 Å². The first-order valence-electron chi connectivity index (χ1n) is 3.68. The van der Waals surface area contributed by atoms with Gasteiger partial charge in [-0.05, 0) is 18.6 Å². The van der Waals surface area contributed by atoms with E-state index in [4.69, 9.17) is 4.74 Å². The lowest BCUT2D eigenvalue weighted by atomic mass is 10.1. The molecule has 0 unspecified atom stereocenters. The highest BCUT2D eigenvalue weighted by molar-refractivity contribution is 6.03. The number of phenolic OH excluding ortho intramolecular Hbond substituents is 1. The second kappa shape index (κ2) is 2.24. The van der Waals surface area contributed by atoms with Gasteiger partial charge in [0.1, 0.15) is 0 Å². The molecule has 0 amide bonds. The van der Waals surface area contributed by atoms with Gasteiger partial charge in [0, 0.05) is 0 Å². The number of ketones is 1. The molecule has 3 heteroatoms. The molecule has 0 spiro atoms. The smallest absolute Gasteiger partial charge is 0.204 e. The van der Waals surface area contributed by atoms with Gasteiger partial charge in [-0.1, -0.05) is 6.07 Å². The minimum absolute atomic E-state index is 0.0480. The minimum atomic E-state index is -0.0692. The molecule has 1 aromatic carbocycles. The third-order valence-corrected chi connectivity index (χ3v) is 1.98. The van der Waals surface area contributed by atoms with Crippen LogP contribution in [0.4, 0.5) is 0 Å². The monoisotopic (exact) mass is 164 g/mol. The minimum Gasteiger partial charge on any atom is -0.504 e. The summed E-state index contributed by atoms with van der Waals surface area (Å²) in [4.78, 5) is 11.1. The fraction of sp³-hybridized carbons (Fsp3) is 0.222. The molecule has 1 aliphatic heterocycles. The first-order chi connectivity index (χ1) is 5.70. The number of hydrogen-bond donors (Lipinski definition) is 1. The second-order valence-corrected chi connectivity index (χ2v) is 2.82. The van der Waals surface area contributed by atoms with Crippen LogP contribution in [0.25, 0.3) is 0 Å². The lowest BCUT2D eigenvalue weighted by Crippen LogP contribution is -1.98. The highest BCUT2D eigenvalue weighted by atomic mass is 16.5. The summed E-state index contributed by atoms with van der Waals surface area (Å²) in [6.07, 6.45) is 0. The van der Waals surface area contributed by atoms with Crippen molar-refractivity contribution in [3.8, 4) is 11.5 Å². The summed E-state index contributed by atoms with van der Waals surface area (Å²) in [5, 5.41) is 9.46. The Morgan fingerprint density at radius 3 is 3.00 bits per heavy atom. The third-order valence-electron chi connectivity index (χ3n) is 1.98. The molecule has 0 aliphatic carbocycles. The van der Waals surface area contributed by atoms with Crippen LogP contribution in [-0.2, 0) is 0 Å². The lowest BCUT2D eigenvalue weighted by molar-refractivity contribution is 0.0961. The normalized spacial score (nSPS) is 14.2. The number of carbonyl (C=O) groups is 1. The van der Waals surface area contributed by atoms with Crippen LogP contribution in [0.15, 0.2) is 12.1 Å². The van der Waals surface area contributed by atoms with Crippen molar-refractivity contribution in [2.24, 2.45) is 0 Å². The van der Waals surface area contributed by atoms with E-state index < -0.39 is 0 Å². The van der Waals surface area contributed by atoms with Crippen molar-refractivity contribution in [3.63, 3.8) is 0 Å². The Labute approximate surface area is 69.6 Å². The maximum Gasteiger partial charge on any atom is 0.204 e. The van der Waals surface area contributed by atoms with Gasteiger partial charge < -0.3 is 9.84 Å². The average Bonchev–Trinajstić information content (AvgIpc) is 2.41. The van der Waals surface area contributed by atoms with E-state index in [1.54, 1.807) is 19.1 Å². The van der Waals surface area contributed by atoms with Crippen molar-refractivity contribution in [2.75, 3.05) is 6.61 Å². The van der Waals surface area contributed by atoms with Crippen molar-refractivity contribution < 1.29 is 14.6 Å². The number of phenols is 1. The zero-order valence-corrected chi connectivity index (χ0v) is 6.63. The van der Waals surface area contributed by atoms with Gasteiger partial charge in [-0.3, -0.25) is 4.79 Å². The zero-order valence-electron chi connectivity index (χ0n) is 6.63. The fourth-order valence-corrected chi connectivity index (χ4v) is 1.25. The molecule has 0 saturated carbocycles. The SMILES string of the molecule is Cc1ccc2c(c1O)OCC2=O. The number of hydrogen-bond acceptors (Lipinski definition) is 3. The molecule has 1 N–H and O–H groups in total. The quantitative estimate of drug-likeness (QED) is 0.628. The number of ether oxygens (including phenoxy) is 1. The van der Waals surface area contributed by atoms with Crippen LogP contribution < -0.4 is 4.74 Å². The number of benzene rings is 1. The second-order valence-electron chi connectivity index (χ2n) is 2.82. The van der Waals surface area contributed by atoms with Gasteiger partial charge in [-0.15, -0.1) is 0 Å². The van der Waals surface area contributed by atoms with Crippen LogP contribution in [0, 0.1) is 6.92 Å². The van der Waals surface area contributed by atoms with Crippen molar-refractivity contribution in [1.82, 2.24) is 0 Å². The predicted octanol–water partition coefficient (Wildman–Crippen LogP) is 1.28. The Kier molecular flexibility index (Phi) is 1.33. The largest absolute Gasteiger partial charge is 0.504 e. The summed E-state index contributed by atoms with van der Waals surface area (Å²) in [6.45, 7) is 1.81. The number of rotatable bonds is 0. The maximum absolute atomic E-state index is 11.1. The summed E-state index contributed by atoms with van der Waals surface area (Å²) in [7, 11) is 0. The van der Waals surface area contributed by atoms with Gasteiger partial charge in [0.15, 0.2) is 18.1 Å². The van der Waals surface area contributed by atoms with Crippen LogP contribution in [0.3, 0.4) is 0 Å². The van der Waals surface area contributed by atoms with Crippen LogP contribution in [0.1, 0.15) is 15.9 Å². The first kappa shape index (κ1) is 7.16. The number of fused-ring (bicyclic) bond motifs is 1. The van der Waals surface area contributed by atoms with Crippen LogP contribution in [0.2, 0.25) is 0 Å². The molecule has 0 bridgehead atoms. The highest BCUT2D eigenvalue weighted by Crippen LogP contribution is 2.36. The van der Waals surface area contributed by atoms with Crippen LogP contribution in [-0.4, -0.2) is 17.5 Å². The Morgan fingerprint density at radius 1 is 1.50 bits per heavy atom. The number of aryl methyl sites for hydroxylation is 1. The van der Waals surface area contributed by atoms with Crippen molar-refractivity contribution in [2.45, 2.75) is 6.92 Å². The van der Waals surface area contributed by atoms with E-state index in [9.17, 15) is 9.90 Å². The van der Waals surface area contributed by atoms with Crippen molar-refractivity contribution >= 4 is 5.78 Å². The summed E-state index contributed by atoms with van der Waals surface area (Å²) in [6, 6.07) is 3.39. The van der Waals surface area contributed by atoms with Crippen molar-refractivity contribution in [1.29, 1.82) is 0 Å². The first-order valence-corrected chi connectivity index (χ1v) is 3.68. The van der Waals surface area contributed by atoms with Gasteiger partial charge in [-0.25, -0.2) is 0 Å². The van der Waals surface area contributed by atoms with E-state index >= 15 is 0 Å². The molecule has 12 heavy (non-hydrogen) atoms. The zero-order chi connectivity index (χ0) is 8.72. The molecule has 0 radical (unpaired) electrons. The fourth-order valence-electron chi connectivity index (χ4n) is 1.25. The Morgan fingerprint density at radius 2 is 2.25 bits per heavy atom. The lowest BCUT2D eigenvalue weighted by Gasteiger charge is -2.02. The molecule has 3 nitrogen and oxygen atoms in total. The number of Topliss-reactive ketones (excluding diaryl/α,β-unsaturated/α-hetero) is 1. The average molecular weight is 164 g/mol. The topological polar surface area (TPSA) is 46.5 Å². The van der Waals surface area contributed by atoms with E-state index in [1.165, 1.54) is 0 Å². The van der Waals surface area contributed by atoms with Crippen molar-refractivity contribution in [3.05, 3.63) is 23.3 Å². The molecule has 62 valence electrons. The standard InChI is InChI=1S/C9H8O3/c1-5-2-3-6-7(10)4-12-9(6)8(5)11/h2-3,11H,4H2,1H3. The molecule has 1 aromatic rings. The van der Waals surface area contributed by atoms with Crippen LogP contribution in [0.5, 0.6) is 11.5 Å². The molecular formula is C9H8O3. The van der Waals surface area contributed by atoms with E-state index in [-0.39, 0.29) is 18.1 Å². The summed E-state index contributed by atoms with van der Waals surface area (Å²) in [5.41, 5.74) is 1.21. The molecular weight excluding hydrogens is 156 g/mol. The maximum atomic E-state index is 11.1. The molecule has 1 heterocycles. The Hall–Kier alpha value is -1.51. The summed E-state index contributed by atoms with van der Waals surface area (Å²) >= 11 is 0. The molecule has 2 rings (SSSR count). The van der Waals surface area contributed by atoms with Gasteiger partial charge in [0.2, 0.25) is 5.78 Å². The predicted molar refractivity (Wildman–Crippen MR) is 42.7 cm³/mol. The van der Waals surface area contributed by atoms with E-state index in [1.807, 2.05) is 0 Å². The molecule has 0 aromatic heterocycles. The summed E-state index contributed by atoms with van der Waals surface area (Å²) < 4.78 is 5.02. The number of aromatic hydroxyl groups is 1. The third kappa shape index (κ3) is 0.794. The highest BCUT2D eigenvalue weighted by Gasteiger charge is 2.24. The summed E-state index contributed by atoms with van der Waals surface area (Å²) in [5.74, 6) is 0.346. The Balaban J connectivity index is 2.68. The van der Waals surface area contributed by atoms with Crippen LogP contribution >= 0.6 is 0 Å². The van der Waals surface area contributed by atoms with E-state index in [0.29, 0.717) is 11.3 Å².